The zero-order chi connectivity index (χ0) is 9.68. The number of halogens is 1. The highest BCUT2D eigenvalue weighted by Crippen LogP contribution is 2.09. The van der Waals surface area contributed by atoms with Crippen LogP contribution in [0.5, 0.6) is 0 Å². The van der Waals surface area contributed by atoms with E-state index in [1.807, 2.05) is 0 Å². The first kappa shape index (κ1) is 9.69. The molecule has 0 atom stereocenters. The van der Waals surface area contributed by atoms with Crippen LogP contribution in [-0.4, -0.2) is 23.3 Å². The van der Waals surface area contributed by atoms with Gasteiger partial charge in [0, 0.05) is 6.07 Å². The molecule has 0 radical (unpaired) electrons. The fourth-order valence-corrected chi connectivity index (χ4v) is 0.786. The van der Waals surface area contributed by atoms with Gasteiger partial charge >= 0.3 is 6.03 Å². The molecule has 0 aromatic carbocycles. The summed E-state index contributed by atoms with van der Waals surface area (Å²) in [5.41, 5.74) is 2.05. The molecule has 0 saturated carbocycles. The Morgan fingerprint density at radius 1 is 1.69 bits per heavy atom. The van der Waals surface area contributed by atoms with E-state index in [1.54, 1.807) is 0 Å². The highest BCUT2D eigenvalue weighted by atomic mass is 35.5. The monoisotopic (exact) mass is 202 g/mol. The van der Waals surface area contributed by atoms with E-state index in [0.717, 1.165) is 0 Å². The van der Waals surface area contributed by atoms with Crippen molar-refractivity contribution < 1.29 is 9.63 Å². The van der Waals surface area contributed by atoms with Crippen LogP contribution in [0.15, 0.2) is 12.3 Å². The smallest absolute Gasteiger partial charge is 0.289 e. The van der Waals surface area contributed by atoms with Crippen LogP contribution in [0.2, 0.25) is 5.02 Å². The summed E-state index contributed by atoms with van der Waals surface area (Å²) in [6.45, 7) is 0. The lowest BCUT2D eigenvalue weighted by Crippen LogP contribution is -2.27. The molecule has 13 heavy (non-hydrogen) atoms. The van der Waals surface area contributed by atoms with E-state index < -0.39 is 6.03 Å². The summed E-state index contributed by atoms with van der Waals surface area (Å²) in [4.78, 5) is 15.2. The topological polar surface area (TPSA) is 76.1 Å². The van der Waals surface area contributed by atoms with Crippen molar-refractivity contribution in [3.05, 3.63) is 17.3 Å². The highest BCUT2D eigenvalue weighted by molar-refractivity contribution is 6.30. The summed E-state index contributed by atoms with van der Waals surface area (Å²) in [6, 6.07) is 0.920. The molecule has 6 nitrogen and oxygen atoms in total. The Hall–Kier alpha value is -1.40. The summed E-state index contributed by atoms with van der Waals surface area (Å²) in [5, 5.41) is 9.87. The molecule has 0 saturated heterocycles. The minimum Gasteiger partial charge on any atom is -0.289 e. The quantitative estimate of drug-likeness (QED) is 0.696. The molecule has 0 bridgehead atoms. The second kappa shape index (κ2) is 4.58. The van der Waals surface area contributed by atoms with Gasteiger partial charge < -0.3 is 0 Å². The maximum absolute atomic E-state index is 10.9. The molecule has 0 aliphatic carbocycles. The number of aromatic nitrogens is 2. The van der Waals surface area contributed by atoms with Gasteiger partial charge in [-0.25, -0.2) is 10.3 Å². The summed E-state index contributed by atoms with van der Waals surface area (Å²) in [7, 11) is 1.32. The van der Waals surface area contributed by atoms with Crippen LogP contribution in [0.1, 0.15) is 0 Å². The third kappa shape index (κ3) is 3.22. The molecule has 0 aliphatic rings. The molecule has 1 heterocycles. The van der Waals surface area contributed by atoms with Crippen LogP contribution in [0, 0.1) is 0 Å². The first-order valence-corrected chi connectivity index (χ1v) is 3.68. The molecule has 1 aromatic rings. The Morgan fingerprint density at radius 3 is 3.08 bits per heavy atom. The lowest BCUT2D eigenvalue weighted by atomic mass is 10.5. The average Bonchev–Trinajstić information content (AvgIpc) is 2.04. The number of hydrogen-bond acceptors (Lipinski definition) is 4. The molecule has 70 valence electrons. The molecule has 0 unspecified atom stereocenters. The number of rotatable bonds is 2. The second-order valence-corrected chi connectivity index (χ2v) is 2.46. The van der Waals surface area contributed by atoms with Crippen molar-refractivity contribution >= 4 is 23.4 Å². The predicted molar refractivity (Wildman–Crippen MR) is 46.2 cm³/mol. The Kier molecular flexibility index (Phi) is 3.41. The van der Waals surface area contributed by atoms with Gasteiger partial charge in [0.15, 0.2) is 5.82 Å². The van der Waals surface area contributed by atoms with Crippen molar-refractivity contribution in [3.63, 3.8) is 0 Å². The van der Waals surface area contributed by atoms with E-state index in [9.17, 15) is 4.79 Å². The Morgan fingerprint density at radius 2 is 2.46 bits per heavy atom. The Balaban J connectivity index is 2.58. The van der Waals surface area contributed by atoms with Gasteiger partial charge in [0.2, 0.25) is 0 Å². The lowest BCUT2D eigenvalue weighted by Gasteiger charge is -2.03. The van der Waals surface area contributed by atoms with Crippen molar-refractivity contribution in [1.82, 2.24) is 15.7 Å². The Bertz CT molecular complexity index is 306. The maximum atomic E-state index is 10.9. The normalized spacial score (nSPS) is 9.38. The van der Waals surface area contributed by atoms with Gasteiger partial charge in [-0.05, 0) is 0 Å². The molecule has 0 aliphatic heterocycles. The van der Waals surface area contributed by atoms with Gasteiger partial charge in [-0.2, -0.15) is 5.10 Å². The molecule has 2 N–H and O–H groups in total. The van der Waals surface area contributed by atoms with Crippen molar-refractivity contribution in [3.8, 4) is 0 Å². The van der Waals surface area contributed by atoms with Gasteiger partial charge in [-0.1, -0.05) is 11.6 Å². The molecular formula is C6H7ClN4O2. The summed E-state index contributed by atoms with van der Waals surface area (Å²) >= 11 is 5.60. The molecule has 0 spiro atoms. The molecule has 2 amide bonds. The first-order chi connectivity index (χ1) is 6.22. The minimum atomic E-state index is -0.543. The molecular weight excluding hydrogens is 196 g/mol. The van der Waals surface area contributed by atoms with E-state index in [2.05, 4.69) is 25.8 Å². The summed E-state index contributed by atoms with van der Waals surface area (Å²) < 4.78 is 0. The van der Waals surface area contributed by atoms with Gasteiger partial charge in [0.25, 0.3) is 0 Å². The number of hydroxylamine groups is 1. The second-order valence-electron chi connectivity index (χ2n) is 2.02. The number of carbonyl (C=O) groups excluding carboxylic acids is 1. The third-order valence-corrected chi connectivity index (χ3v) is 1.26. The number of nitrogens with zero attached hydrogens (tertiary/aromatic N) is 2. The highest BCUT2D eigenvalue weighted by Gasteiger charge is 2.01. The fraction of sp³-hybridized carbons (Fsp3) is 0.167. The molecule has 0 fully saturated rings. The van der Waals surface area contributed by atoms with Crippen LogP contribution < -0.4 is 10.8 Å². The van der Waals surface area contributed by atoms with Crippen LogP contribution >= 0.6 is 11.6 Å². The van der Waals surface area contributed by atoms with Crippen molar-refractivity contribution in [1.29, 1.82) is 0 Å². The van der Waals surface area contributed by atoms with Crippen molar-refractivity contribution in [2.24, 2.45) is 0 Å². The van der Waals surface area contributed by atoms with Crippen LogP contribution in [0.4, 0.5) is 10.6 Å². The molecule has 7 heteroatoms. The number of anilines is 1. The lowest BCUT2D eigenvalue weighted by molar-refractivity contribution is 0.114. The van der Waals surface area contributed by atoms with Crippen LogP contribution in [-0.2, 0) is 4.84 Å². The third-order valence-electron chi connectivity index (χ3n) is 1.06. The number of urea groups is 1. The minimum absolute atomic E-state index is 0.252. The van der Waals surface area contributed by atoms with E-state index in [4.69, 9.17) is 11.6 Å². The SMILES string of the molecule is CONC(=O)Nc1cc(Cl)cnn1. The number of nitrogens with one attached hydrogen (secondary N) is 2. The van der Waals surface area contributed by atoms with Crippen molar-refractivity contribution in [2.45, 2.75) is 0 Å². The number of carbonyl (C=O) groups is 1. The number of hydrogen-bond donors (Lipinski definition) is 2. The fourth-order valence-electron chi connectivity index (χ4n) is 0.639. The average molecular weight is 203 g/mol. The van der Waals surface area contributed by atoms with E-state index >= 15 is 0 Å². The maximum Gasteiger partial charge on any atom is 0.344 e. The van der Waals surface area contributed by atoms with Crippen LogP contribution in [0.25, 0.3) is 0 Å². The predicted octanol–water partition coefficient (Wildman–Crippen LogP) is 0.813. The summed E-state index contributed by atoms with van der Waals surface area (Å²) in [6.07, 6.45) is 1.36. The number of amides is 2. The first-order valence-electron chi connectivity index (χ1n) is 3.30. The van der Waals surface area contributed by atoms with Gasteiger partial charge in [0.05, 0.1) is 18.3 Å². The zero-order valence-corrected chi connectivity index (χ0v) is 7.50. The Labute approximate surface area is 79.2 Å². The van der Waals surface area contributed by atoms with E-state index in [0.29, 0.717) is 5.02 Å². The van der Waals surface area contributed by atoms with Gasteiger partial charge in [0.1, 0.15) is 0 Å². The standard InChI is InChI=1S/C6H7ClN4O2/c1-13-11-6(12)9-5-2-4(7)3-8-10-5/h2-3H,1H3,(H2,9,10,11,12). The zero-order valence-electron chi connectivity index (χ0n) is 6.74. The van der Waals surface area contributed by atoms with E-state index in [-0.39, 0.29) is 5.82 Å². The van der Waals surface area contributed by atoms with Crippen molar-refractivity contribution in [2.75, 3.05) is 12.4 Å². The largest absolute Gasteiger partial charge is 0.344 e. The van der Waals surface area contributed by atoms with Gasteiger partial charge in [-0.15, -0.1) is 5.10 Å². The molecule has 1 rings (SSSR count). The van der Waals surface area contributed by atoms with Gasteiger partial charge in [-0.3, -0.25) is 10.2 Å². The molecule has 1 aromatic heterocycles. The van der Waals surface area contributed by atoms with Crippen LogP contribution in [0.3, 0.4) is 0 Å². The summed E-state index contributed by atoms with van der Waals surface area (Å²) in [5.74, 6) is 0.252. The van der Waals surface area contributed by atoms with E-state index in [1.165, 1.54) is 19.4 Å².